The van der Waals surface area contributed by atoms with Gasteiger partial charge >= 0.3 is 0 Å². The standard InChI is InChI=1S/C19H18N2OS/c1-22-14-8-10-15-13(11-14)7-9-16-17(12-5-3-2-4-6-12)20-19(23)21-18(15)16/h2-6,8,10-11,17H,7,9H2,1H3,(H2,20,21,23). The summed E-state index contributed by atoms with van der Waals surface area (Å²) in [6.45, 7) is 0. The average Bonchev–Trinajstić information content (AvgIpc) is 2.61. The molecule has 1 unspecified atom stereocenters. The molecule has 1 atom stereocenters. The van der Waals surface area contributed by atoms with Crippen LogP contribution in [0.25, 0.3) is 5.70 Å². The van der Waals surface area contributed by atoms with Gasteiger partial charge in [-0.1, -0.05) is 30.3 Å². The summed E-state index contributed by atoms with van der Waals surface area (Å²) in [6, 6.07) is 16.9. The lowest BCUT2D eigenvalue weighted by Crippen LogP contribution is -2.44. The Hall–Kier alpha value is -2.33. The van der Waals surface area contributed by atoms with Crippen LogP contribution in [-0.2, 0) is 6.42 Å². The molecule has 2 aliphatic rings. The Bertz CT molecular complexity index is 798. The molecule has 116 valence electrons. The van der Waals surface area contributed by atoms with E-state index in [2.05, 4.69) is 47.0 Å². The van der Waals surface area contributed by atoms with Gasteiger partial charge in [-0.15, -0.1) is 0 Å². The zero-order valence-electron chi connectivity index (χ0n) is 12.9. The lowest BCUT2D eigenvalue weighted by atomic mass is 9.83. The van der Waals surface area contributed by atoms with Crippen LogP contribution in [0.4, 0.5) is 0 Å². The monoisotopic (exact) mass is 322 g/mol. The normalized spacial score (nSPS) is 19.3. The Morgan fingerprint density at radius 1 is 1.09 bits per heavy atom. The molecule has 0 aromatic heterocycles. The molecule has 0 bridgehead atoms. The van der Waals surface area contributed by atoms with E-state index in [1.807, 2.05) is 12.1 Å². The second kappa shape index (κ2) is 5.70. The van der Waals surface area contributed by atoms with Crippen molar-refractivity contribution < 1.29 is 4.74 Å². The van der Waals surface area contributed by atoms with Gasteiger partial charge in [-0.25, -0.2) is 0 Å². The summed E-state index contributed by atoms with van der Waals surface area (Å²) < 4.78 is 5.35. The maximum absolute atomic E-state index is 5.45. The third-order valence-corrected chi connectivity index (χ3v) is 4.78. The summed E-state index contributed by atoms with van der Waals surface area (Å²) >= 11 is 5.45. The molecule has 0 fully saturated rings. The Balaban J connectivity index is 1.83. The second-order valence-electron chi connectivity index (χ2n) is 5.87. The predicted molar refractivity (Wildman–Crippen MR) is 96.3 cm³/mol. The highest BCUT2D eigenvalue weighted by molar-refractivity contribution is 7.80. The van der Waals surface area contributed by atoms with Crippen molar-refractivity contribution in [2.75, 3.05) is 7.11 Å². The summed E-state index contributed by atoms with van der Waals surface area (Å²) in [5.74, 6) is 0.906. The molecule has 4 rings (SSSR count). The van der Waals surface area contributed by atoms with Crippen molar-refractivity contribution in [1.29, 1.82) is 0 Å². The molecular weight excluding hydrogens is 304 g/mol. The van der Waals surface area contributed by atoms with Gasteiger partial charge in [-0.2, -0.15) is 0 Å². The zero-order chi connectivity index (χ0) is 15.8. The fourth-order valence-electron chi connectivity index (χ4n) is 3.45. The van der Waals surface area contributed by atoms with E-state index < -0.39 is 0 Å². The second-order valence-corrected chi connectivity index (χ2v) is 6.27. The van der Waals surface area contributed by atoms with Crippen LogP contribution in [0.15, 0.2) is 54.1 Å². The molecule has 3 nitrogen and oxygen atoms in total. The van der Waals surface area contributed by atoms with Gasteiger partial charge in [0.15, 0.2) is 5.11 Å². The van der Waals surface area contributed by atoms with Gasteiger partial charge in [0.1, 0.15) is 5.75 Å². The molecule has 0 amide bonds. The van der Waals surface area contributed by atoms with Crippen LogP contribution in [0.1, 0.15) is 29.2 Å². The fraction of sp³-hybridized carbons (Fsp3) is 0.211. The summed E-state index contributed by atoms with van der Waals surface area (Å²) in [7, 11) is 1.71. The minimum absolute atomic E-state index is 0.148. The van der Waals surface area contributed by atoms with E-state index in [1.54, 1.807) is 7.11 Å². The largest absolute Gasteiger partial charge is 0.497 e. The zero-order valence-corrected chi connectivity index (χ0v) is 13.7. The van der Waals surface area contributed by atoms with Crippen LogP contribution in [0.3, 0.4) is 0 Å². The van der Waals surface area contributed by atoms with Gasteiger partial charge in [0.05, 0.1) is 13.2 Å². The number of fused-ring (bicyclic) bond motifs is 2. The Morgan fingerprint density at radius 3 is 2.70 bits per heavy atom. The smallest absolute Gasteiger partial charge is 0.171 e. The molecule has 4 heteroatoms. The lowest BCUT2D eigenvalue weighted by molar-refractivity contribution is 0.414. The molecule has 1 aliphatic heterocycles. The molecule has 0 saturated heterocycles. The van der Waals surface area contributed by atoms with Gasteiger partial charge in [-0.3, -0.25) is 0 Å². The Kier molecular flexibility index (Phi) is 3.54. The number of nitrogens with one attached hydrogen (secondary N) is 2. The molecule has 23 heavy (non-hydrogen) atoms. The van der Waals surface area contributed by atoms with Gasteiger partial charge < -0.3 is 15.4 Å². The molecule has 0 saturated carbocycles. The summed E-state index contributed by atoms with van der Waals surface area (Å²) in [6.07, 6.45) is 2.03. The highest BCUT2D eigenvalue weighted by Crippen LogP contribution is 2.39. The van der Waals surface area contributed by atoms with Crippen molar-refractivity contribution in [3.63, 3.8) is 0 Å². The van der Waals surface area contributed by atoms with E-state index in [4.69, 9.17) is 17.0 Å². The number of aryl methyl sites for hydroxylation is 1. The molecular formula is C19H18N2OS. The molecule has 0 spiro atoms. The number of benzene rings is 2. The van der Waals surface area contributed by atoms with Crippen LogP contribution in [-0.4, -0.2) is 12.2 Å². The fourth-order valence-corrected chi connectivity index (χ4v) is 3.67. The summed E-state index contributed by atoms with van der Waals surface area (Å²) in [5, 5.41) is 7.48. The average molecular weight is 322 g/mol. The number of hydrogen-bond acceptors (Lipinski definition) is 2. The highest BCUT2D eigenvalue weighted by Gasteiger charge is 2.30. The Labute approximate surface area is 141 Å². The van der Waals surface area contributed by atoms with Crippen molar-refractivity contribution in [3.05, 3.63) is 70.8 Å². The predicted octanol–water partition coefficient (Wildman–Crippen LogP) is 3.57. The van der Waals surface area contributed by atoms with Gasteiger partial charge in [0.25, 0.3) is 0 Å². The molecule has 2 aromatic carbocycles. The summed E-state index contributed by atoms with van der Waals surface area (Å²) in [4.78, 5) is 0. The van der Waals surface area contributed by atoms with Crippen LogP contribution < -0.4 is 15.4 Å². The minimum Gasteiger partial charge on any atom is -0.497 e. The van der Waals surface area contributed by atoms with Gasteiger partial charge in [0.2, 0.25) is 0 Å². The topological polar surface area (TPSA) is 33.3 Å². The van der Waals surface area contributed by atoms with Crippen molar-refractivity contribution in [1.82, 2.24) is 10.6 Å². The van der Waals surface area contributed by atoms with Gasteiger partial charge in [-0.05, 0) is 60.0 Å². The van der Waals surface area contributed by atoms with E-state index in [-0.39, 0.29) is 6.04 Å². The SMILES string of the molecule is COc1ccc2c(c1)CCC1=C2NC(=S)NC1c1ccccc1. The first-order valence-corrected chi connectivity index (χ1v) is 8.20. The van der Waals surface area contributed by atoms with Crippen molar-refractivity contribution in [3.8, 4) is 5.75 Å². The quantitative estimate of drug-likeness (QED) is 0.828. The van der Waals surface area contributed by atoms with Crippen LogP contribution in [0, 0.1) is 0 Å². The molecule has 1 heterocycles. The summed E-state index contributed by atoms with van der Waals surface area (Å²) in [5.41, 5.74) is 6.33. The first-order valence-electron chi connectivity index (χ1n) is 7.79. The maximum atomic E-state index is 5.45. The van der Waals surface area contributed by atoms with E-state index in [9.17, 15) is 0 Å². The van der Waals surface area contributed by atoms with Crippen molar-refractivity contribution >= 4 is 23.0 Å². The molecule has 0 radical (unpaired) electrons. The van der Waals surface area contributed by atoms with E-state index in [0.29, 0.717) is 5.11 Å². The maximum Gasteiger partial charge on any atom is 0.171 e. The third kappa shape index (κ3) is 2.49. The van der Waals surface area contributed by atoms with E-state index >= 15 is 0 Å². The number of ether oxygens (including phenoxy) is 1. The lowest BCUT2D eigenvalue weighted by Gasteiger charge is -2.35. The third-order valence-electron chi connectivity index (χ3n) is 4.56. The number of hydrogen-bond donors (Lipinski definition) is 2. The highest BCUT2D eigenvalue weighted by atomic mass is 32.1. The minimum atomic E-state index is 0.148. The van der Waals surface area contributed by atoms with E-state index in [1.165, 1.54) is 22.3 Å². The van der Waals surface area contributed by atoms with Gasteiger partial charge in [0, 0.05) is 11.3 Å². The molecule has 1 aliphatic carbocycles. The van der Waals surface area contributed by atoms with Crippen LogP contribution in [0.5, 0.6) is 5.75 Å². The first-order chi connectivity index (χ1) is 11.3. The van der Waals surface area contributed by atoms with Crippen LogP contribution in [0.2, 0.25) is 0 Å². The number of thiocarbonyl (C=S) groups is 1. The van der Waals surface area contributed by atoms with Crippen LogP contribution >= 0.6 is 12.2 Å². The Morgan fingerprint density at radius 2 is 1.91 bits per heavy atom. The van der Waals surface area contributed by atoms with Crippen molar-refractivity contribution in [2.24, 2.45) is 0 Å². The van der Waals surface area contributed by atoms with Crippen molar-refractivity contribution in [2.45, 2.75) is 18.9 Å². The number of rotatable bonds is 2. The first kappa shape index (κ1) is 14.3. The molecule has 2 aromatic rings. The number of methoxy groups -OCH3 is 1. The van der Waals surface area contributed by atoms with E-state index in [0.717, 1.165) is 24.3 Å². The molecule has 2 N–H and O–H groups in total.